The number of aromatic amines is 1. The maximum absolute atomic E-state index is 9.25. The quantitative estimate of drug-likeness (QED) is 0.477. The minimum atomic E-state index is 0.449. The van der Waals surface area contributed by atoms with E-state index in [0.717, 1.165) is 17.0 Å². The summed E-state index contributed by atoms with van der Waals surface area (Å²) >= 11 is 8.81. The predicted octanol–water partition coefficient (Wildman–Crippen LogP) is 4.49. The number of hydrogen-bond acceptors (Lipinski definition) is 7. The molecule has 0 spiro atoms. The Labute approximate surface area is 158 Å². The Hall–Kier alpha value is -2.34. The zero-order valence-electron chi connectivity index (χ0n) is 13.2. The van der Waals surface area contributed by atoms with Crippen LogP contribution >= 0.6 is 34.7 Å². The van der Waals surface area contributed by atoms with Crippen molar-refractivity contribution in [3.05, 3.63) is 57.1 Å². The fraction of sp³-hybridized carbons (Fsp3) is 0.125. The van der Waals surface area contributed by atoms with Gasteiger partial charge in [0.25, 0.3) is 0 Å². The van der Waals surface area contributed by atoms with E-state index in [1.54, 1.807) is 6.20 Å². The van der Waals surface area contributed by atoms with Crippen LogP contribution in [0.2, 0.25) is 5.02 Å². The first-order valence-electron chi connectivity index (χ1n) is 7.23. The lowest BCUT2D eigenvalue weighted by atomic mass is 10.2. The lowest BCUT2D eigenvalue weighted by Crippen LogP contribution is -1.93. The minimum Gasteiger partial charge on any atom is -0.330 e. The van der Waals surface area contributed by atoms with Gasteiger partial charge in [0.1, 0.15) is 16.6 Å². The van der Waals surface area contributed by atoms with Gasteiger partial charge in [-0.25, -0.2) is 10.1 Å². The van der Waals surface area contributed by atoms with E-state index in [1.165, 1.54) is 23.1 Å². The number of hydrogen-bond donors (Lipinski definition) is 2. The van der Waals surface area contributed by atoms with Crippen molar-refractivity contribution in [1.82, 2.24) is 20.2 Å². The summed E-state index contributed by atoms with van der Waals surface area (Å²) in [6.07, 6.45) is 1.58. The summed E-state index contributed by atoms with van der Waals surface area (Å²) in [7, 11) is 0. The minimum absolute atomic E-state index is 0.449. The van der Waals surface area contributed by atoms with Crippen LogP contribution in [0.15, 0.2) is 41.0 Å². The predicted molar refractivity (Wildman–Crippen MR) is 101 cm³/mol. The van der Waals surface area contributed by atoms with E-state index in [0.29, 0.717) is 26.7 Å². The van der Waals surface area contributed by atoms with E-state index < -0.39 is 0 Å². The second-order valence-corrected chi connectivity index (χ2v) is 7.23. The normalized spacial score (nSPS) is 11.3. The number of halogens is 1. The van der Waals surface area contributed by atoms with Crippen molar-refractivity contribution in [1.29, 1.82) is 5.26 Å². The van der Waals surface area contributed by atoms with Gasteiger partial charge in [-0.05, 0) is 24.6 Å². The molecule has 25 heavy (non-hydrogen) atoms. The molecule has 0 amide bonds. The van der Waals surface area contributed by atoms with E-state index in [4.69, 9.17) is 11.6 Å². The molecule has 0 radical (unpaired) electrons. The Morgan fingerprint density at radius 2 is 2.20 bits per heavy atom. The molecule has 0 saturated heterocycles. The molecule has 126 valence electrons. The first kappa shape index (κ1) is 17.5. The molecule has 0 aliphatic rings. The van der Waals surface area contributed by atoms with Gasteiger partial charge in [0.15, 0.2) is 0 Å². The number of thioether (sulfide) groups is 1. The average molecular weight is 389 g/mol. The molecule has 0 aliphatic carbocycles. The maximum atomic E-state index is 9.25. The van der Waals surface area contributed by atoms with Gasteiger partial charge in [-0.2, -0.15) is 10.2 Å². The van der Waals surface area contributed by atoms with Crippen LogP contribution in [0, 0.1) is 18.3 Å². The molecule has 0 unspecified atom stereocenters. The average Bonchev–Trinajstić information content (AvgIpc) is 3.24. The molecule has 3 aromatic rings. The monoisotopic (exact) mass is 388 g/mol. The number of aromatic nitrogens is 4. The second kappa shape index (κ2) is 8.16. The number of allylic oxidation sites excluding steroid dienone is 1. The number of nitrogens with one attached hydrogen (secondary N) is 2. The Balaban J connectivity index is 1.60. The highest BCUT2D eigenvalue weighted by Gasteiger charge is 2.07. The summed E-state index contributed by atoms with van der Waals surface area (Å²) in [6.45, 7) is 1.89. The number of aryl methyl sites for hydroxylation is 1. The largest absolute Gasteiger partial charge is 0.330 e. The van der Waals surface area contributed by atoms with E-state index in [1.807, 2.05) is 36.6 Å². The summed E-state index contributed by atoms with van der Waals surface area (Å²) in [4.78, 5) is 8.63. The van der Waals surface area contributed by atoms with Crippen LogP contribution in [-0.2, 0) is 5.75 Å². The SMILES string of the molecule is Cc1csc(/C(C#N)=C/Nc2nc(SCc3ccc(Cl)cc3)n[nH]2)n1. The van der Waals surface area contributed by atoms with Crippen LogP contribution in [-0.4, -0.2) is 20.2 Å². The van der Waals surface area contributed by atoms with E-state index in [9.17, 15) is 5.26 Å². The first-order chi connectivity index (χ1) is 12.1. The van der Waals surface area contributed by atoms with Crippen LogP contribution in [0.1, 0.15) is 16.3 Å². The molecule has 9 heteroatoms. The van der Waals surface area contributed by atoms with Crippen LogP contribution in [0.25, 0.3) is 5.57 Å². The Kier molecular flexibility index (Phi) is 5.71. The molecule has 0 fully saturated rings. The fourth-order valence-corrected chi connectivity index (χ4v) is 3.51. The summed E-state index contributed by atoms with van der Waals surface area (Å²) in [6, 6.07) is 9.79. The van der Waals surface area contributed by atoms with Crippen molar-refractivity contribution < 1.29 is 0 Å². The second-order valence-electron chi connectivity index (χ2n) is 4.99. The third-order valence-corrected chi connectivity index (χ3v) is 5.23. The Morgan fingerprint density at radius 1 is 1.40 bits per heavy atom. The summed E-state index contributed by atoms with van der Waals surface area (Å²) in [5.74, 6) is 1.21. The standard InChI is InChI=1S/C16H13ClN6S2/c1-10-8-24-14(20-10)12(6-18)7-19-15-21-16(23-22-15)25-9-11-2-4-13(17)5-3-11/h2-5,7-8H,9H2,1H3,(H2,19,21,22,23)/b12-7+. The van der Waals surface area contributed by atoms with Crippen molar-refractivity contribution in [2.45, 2.75) is 17.8 Å². The van der Waals surface area contributed by atoms with Crippen molar-refractivity contribution >= 4 is 46.2 Å². The maximum Gasteiger partial charge on any atom is 0.223 e. The molecule has 1 aromatic carbocycles. The number of benzene rings is 1. The number of anilines is 1. The molecule has 0 aliphatic heterocycles. The third-order valence-electron chi connectivity index (χ3n) is 3.07. The van der Waals surface area contributed by atoms with Crippen LogP contribution in [0.5, 0.6) is 0 Å². The molecular weight excluding hydrogens is 376 g/mol. The summed E-state index contributed by atoms with van der Waals surface area (Å²) < 4.78 is 0. The van der Waals surface area contributed by atoms with Crippen molar-refractivity contribution in [3.63, 3.8) is 0 Å². The number of thiazole rings is 1. The molecule has 3 rings (SSSR count). The third kappa shape index (κ3) is 4.82. The first-order valence-corrected chi connectivity index (χ1v) is 9.47. The van der Waals surface area contributed by atoms with Crippen LogP contribution in [0.3, 0.4) is 0 Å². The lowest BCUT2D eigenvalue weighted by Gasteiger charge is -1.98. The van der Waals surface area contributed by atoms with Crippen LogP contribution in [0.4, 0.5) is 5.95 Å². The molecule has 2 aromatic heterocycles. The number of nitriles is 1. The van der Waals surface area contributed by atoms with Gasteiger partial charge in [0, 0.05) is 28.0 Å². The smallest absolute Gasteiger partial charge is 0.223 e. The Bertz CT molecular complexity index is 923. The molecule has 0 saturated carbocycles. The fourth-order valence-electron chi connectivity index (χ4n) is 1.86. The molecule has 6 nitrogen and oxygen atoms in total. The summed E-state index contributed by atoms with van der Waals surface area (Å²) in [5, 5.41) is 23.1. The van der Waals surface area contributed by atoms with Crippen molar-refractivity contribution in [2.75, 3.05) is 5.32 Å². The highest BCUT2D eigenvalue weighted by atomic mass is 35.5. The molecular formula is C16H13ClN6S2. The van der Waals surface area contributed by atoms with Gasteiger partial charge in [-0.3, -0.25) is 0 Å². The molecule has 2 N–H and O–H groups in total. The zero-order chi connectivity index (χ0) is 17.6. The molecule has 0 bridgehead atoms. The van der Waals surface area contributed by atoms with E-state index in [2.05, 4.69) is 31.6 Å². The van der Waals surface area contributed by atoms with Crippen LogP contribution < -0.4 is 5.32 Å². The number of H-pyrrole nitrogens is 1. The number of rotatable bonds is 6. The zero-order valence-corrected chi connectivity index (χ0v) is 15.5. The highest BCUT2D eigenvalue weighted by molar-refractivity contribution is 7.98. The van der Waals surface area contributed by atoms with Gasteiger partial charge in [-0.1, -0.05) is 35.5 Å². The van der Waals surface area contributed by atoms with Crippen molar-refractivity contribution in [3.8, 4) is 6.07 Å². The topological polar surface area (TPSA) is 90.3 Å². The van der Waals surface area contributed by atoms with Gasteiger partial charge in [-0.15, -0.1) is 16.4 Å². The Morgan fingerprint density at radius 3 is 2.88 bits per heavy atom. The lowest BCUT2D eigenvalue weighted by molar-refractivity contribution is 0.973. The van der Waals surface area contributed by atoms with Gasteiger partial charge < -0.3 is 5.32 Å². The van der Waals surface area contributed by atoms with Crippen molar-refractivity contribution in [2.24, 2.45) is 0 Å². The summed E-state index contributed by atoms with van der Waals surface area (Å²) in [5.41, 5.74) is 2.48. The van der Waals surface area contributed by atoms with E-state index in [-0.39, 0.29) is 0 Å². The molecule has 2 heterocycles. The van der Waals surface area contributed by atoms with E-state index >= 15 is 0 Å². The highest BCUT2D eigenvalue weighted by Crippen LogP contribution is 2.22. The van der Waals surface area contributed by atoms with Gasteiger partial charge >= 0.3 is 0 Å². The van der Waals surface area contributed by atoms with Gasteiger partial charge in [0.05, 0.1) is 0 Å². The van der Waals surface area contributed by atoms with Gasteiger partial charge in [0.2, 0.25) is 11.1 Å². The molecule has 0 atom stereocenters. The number of nitrogens with zero attached hydrogens (tertiary/aromatic N) is 4.